The average Bonchev–Trinajstić information content (AvgIpc) is 2.92. The zero-order valence-corrected chi connectivity index (χ0v) is 13.1. The third-order valence-corrected chi connectivity index (χ3v) is 4.37. The molecule has 20 heavy (non-hydrogen) atoms. The molecule has 0 spiro atoms. The van der Waals surface area contributed by atoms with E-state index in [2.05, 4.69) is 4.98 Å². The lowest BCUT2D eigenvalue weighted by Crippen LogP contribution is -2.19. The molecule has 0 aliphatic rings. The Morgan fingerprint density at radius 3 is 2.80 bits per heavy atom. The first-order valence-corrected chi connectivity index (χ1v) is 8.07. The molecule has 2 aromatic rings. The van der Waals surface area contributed by atoms with E-state index in [9.17, 15) is 4.39 Å². The van der Waals surface area contributed by atoms with Crippen LogP contribution in [0.4, 0.5) is 10.1 Å². The van der Waals surface area contributed by atoms with Crippen LogP contribution in [0, 0.1) is 5.82 Å². The molecule has 0 aliphatic heterocycles. The fraction of sp³-hybridized carbons (Fsp3) is 0.400. The van der Waals surface area contributed by atoms with E-state index < -0.39 is 0 Å². The van der Waals surface area contributed by atoms with Crippen molar-refractivity contribution in [1.29, 1.82) is 0 Å². The van der Waals surface area contributed by atoms with Crippen LogP contribution in [0.15, 0.2) is 29.6 Å². The molecule has 0 bridgehead atoms. The average molecular weight is 313 g/mol. The molecule has 0 saturated carbocycles. The van der Waals surface area contributed by atoms with Gasteiger partial charge in [-0.2, -0.15) is 0 Å². The summed E-state index contributed by atoms with van der Waals surface area (Å²) in [5.74, 6) is 0.314. The van der Waals surface area contributed by atoms with Crippen molar-refractivity contribution in [3.63, 3.8) is 0 Å². The van der Waals surface area contributed by atoms with Crippen LogP contribution in [-0.4, -0.2) is 18.6 Å². The summed E-state index contributed by atoms with van der Waals surface area (Å²) in [5.41, 5.74) is 1.61. The molecule has 2 nitrogen and oxygen atoms in total. The first-order chi connectivity index (χ1) is 9.70. The number of rotatable bonds is 7. The number of aryl methyl sites for hydroxylation is 1. The van der Waals surface area contributed by atoms with Crippen LogP contribution in [0.1, 0.15) is 23.5 Å². The smallest absolute Gasteiger partial charge is 0.146 e. The quantitative estimate of drug-likeness (QED) is 0.553. The van der Waals surface area contributed by atoms with Gasteiger partial charge in [-0.15, -0.1) is 22.9 Å². The van der Waals surface area contributed by atoms with Gasteiger partial charge in [0.2, 0.25) is 0 Å². The molecule has 0 atom stereocenters. The van der Waals surface area contributed by atoms with Crippen LogP contribution in [0.5, 0.6) is 0 Å². The Kier molecular flexibility index (Phi) is 5.80. The van der Waals surface area contributed by atoms with Gasteiger partial charge < -0.3 is 4.90 Å². The van der Waals surface area contributed by atoms with E-state index in [1.54, 1.807) is 17.4 Å². The molecule has 0 amide bonds. The van der Waals surface area contributed by atoms with E-state index >= 15 is 0 Å². The molecule has 0 aliphatic carbocycles. The lowest BCUT2D eigenvalue weighted by molar-refractivity contribution is 0.618. The molecule has 1 aromatic carbocycles. The molecule has 0 radical (unpaired) electrons. The molecular formula is C15H18ClFN2S. The summed E-state index contributed by atoms with van der Waals surface area (Å²) < 4.78 is 13.6. The molecular weight excluding hydrogens is 295 g/mol. The van der Waals surface area contributed by atoms with Crippen molar-refractivity contribution in [3.05, 3.63) is 46.2 Å². The van der Waals surface area contributed by atoms with Gasteiger partial charge in [-0.25, -0.2) is 9.37 Å². The highest BCUT2D eigenvalue weighted by molar-refractivity contribution is 7.09. The van der Waals surface area contributed by atoms with Crippen molar-refractivity contribution in [3.8, 4) is 0 Å². The Morgan fingerprint density at radius 2 is 2.10 bits per heavy atom. The summed E-state index contributed by atoms with van der Waals surface area (Å²) in [4.78, 5) is 6.39. The topological polar surface area (TPSA) is 16.1 Å². The lowest BCUT2D eigenvalue weighted by Gasteiger charge is -2.19. The second-order valence-corrected chi connectivity index (χ2v) is 5.91. The fourth-order valence-corrected chi connectivity index (χ4v) is 3.10. The van der Waals surface area contributed by atoms with Crippen molar-refractivity contribution in [1.82, 2.24) is 4.98 Å². The number of anilines is 1. The highest BCUT2D eigenvalue weighted by Gasteiger charge is 2.06. The van der Waals surface area contributed by atoms with Crippen LogP contribution in [0.2, 0.25) is 0 Å². The van der Waals surface area contributed by atoms with Gasteiger partial charge in [0.05, 0.1) is 22.3 Å². The second-order valence-electron chi connectivity index (χ2n) is 4.70. The second kappa shape index (κ2) is 7.60. The van der Waals surface area contributed by atoms with E-state index in [4.69, 9.17) is 11.6 Å². The third-order valence-electron chi connectivity index (χ3n) is 3.13. The van der Waals surface area contributed by atoms with Gasteiger partial charge in [0.15, 0.2) is 0 Å². The standard InChI is InChI=1S/C15H18ClFN2S/c1-19(14-7-3-2-6-13(14)17)9-5-4-8-15-18-12(10-16)11-20-15/h2-3,6-7,11H,4-5,8-10H2,1H3. The van der Waals surface area contributed by atoms with E-state index in [1.165, 1.54) is 6.07 Å². The Balaban J connectivity index is 1.74. The molecule has 0 fully saturated rings. The molecule has 1 heterocycles. The van der Waals surface area contributed by atoms with Gasteiger partial charge in [0.1, 0.15) is 5.82 Å². The summed E-state index contributed by atoms with van der Waals surface area (Å²) in [5, 5.41) is 3.14. The summed E-state index contributed by atoms with van der Waals surface area (Å²) in [6, 6.07) is 6.87. The van der Waals surface area contributed by atoms with Gasteiger partial charge in [0, 0.05) is 19.0 Å². The predicted molar refractivity (Wildman–Crippen MR) is 84.3 cm³/mol. The maximum atomic E-state index is 13.6. The maximum absolute atomic E-state index is 13.6. The monoisotopic (exact) mass is 312 g/mol. The Labute approximate surface area is 128 Å². The number of benzene rings is 1. The van der Waals surface area contributed by atoms with Crippen molar-refractivity contribution in [2.45, 2.75) is 25.1 Å². The number of unbranched alkanes of at least 4 members (excludes halogenated alkanes) is 1. The molecule has 0 N–H and O–H groups in total. The number of alkyl halides is 1. The molecule has 1 aromatic heterocycles. The number of hydrogen-bond acceptors (Lipinski definition) is 3. The number of hydrogen-bond donors (Lipinski definition) is 0. The number of thiazole rings is 1. The van der Waals surface area contributed by atoms with E-state index in [0.717, 1.165) is 36.5 Å². The van der Waals surface area contributed by atoms with E-state index in [-0.39, 0.29) is 5.82 Å². The van der Waals surface area contributed by atoms with Gasteiger partial charge >= 0.3 is 0 Å². The predicted octanol–water partition coefficient (Wildman–Crippen LogP) is 4.48. The Hall–Kier alpha value is -1.13. The molecule has 0 unspecified atom stereocenters. The van der Waals surface area contributed by atoms with E-state index in [1.807, 2.05) is 29.5 Å². The summed E-state index contributed by atoms with van der Waals surface area (Å²) >= 11 is 7.39. The first kappa shape index (κ1) is 15.3. The highest BCUT2D eigenvalue weighted by atomic mass is 35.5. The van der Waals surface area contributed by atoms with Crippen molar-refractivity contribution in [2.24, 2.45) is 0 Å². The summed E-state index contributed by atoms with van der Waals surface area (Å²) in [7, 11) is 1.92. The minimum absolute atomic E-state index is 0.165. The molecule has 0 saturated heterocycles. The largest absolute Gasteiger partial charge is 0.372 e. The van der Waals surface area contributed by atoms with Crippen molar-refractivity contribution >= 4 is 28.6 Å². The normalized spacial score (nSPS) is 10.8. The van der Waals surface area contributed by atoms with Crippen LogP contribution in [0.25, 0.3) is 0 Å². The minimum atomic E-state index is -0.165. The number of halogens is 2. The first-order valence-electron chi connectivity index (χ1n) is 6.65. The van der Waals surface area contributed by atoms with Gasteiger partial charge in [-0.05, 0) is 31.4 Å². The fourth-order valence-electron chi connectivity index (χ4n) is 2.03. The maximum Gasteiger partial charge on any atom is 0.146 e. The highest BCUT2D eigenvalue weighted by Crippen LogP contribution is 2.18. The van der Waals surface area contributed by atoms with Gasteiger partial charge in [0.25, 0.3) is 0 Å². The zero-order chi connectivity index (χ0) is 14.4. The SMILES string of the molecule is CN(CCCCc1nc(CCl)cs1)c1ccccc1F. The van der Waals surface area contributed by atoms with Gasteiger partial charge in [-0.3, -0.25) is 0 Å². The third kappa shape index (κ3) is 4.18. The number of para-hydroxylation sites is 1. The van der Waals surface area contributed by atoms with E-state index in [0.29, 0.717) is 11.6 Å². The molecule has 2 rings (SSSR count). The summed E-state index contributed by atoms with van der Waals surface area (Å²) in [6.45, 7) is 0.842. The molecule has 108 valence electrons. The van der Waals surface area contributed by atoms with Crippen LogP contribution < -0.4 is 4.90 Å². The van der Waals surface area contributed by atoms with Crippen LogP contribution in [0.3, 0.4) is 0 Å². The molecule has 5 heteroatoms. The van der Waals surface area contributed by atoms with Crippen molar-refractivity contribution in [2.75, 3.05) is 18.5 Å². The lowest BCUT2D eigenvalue weighted by atomic mass is 10.2. The Bertz CT molecular complexity index is 544. The Morgan fingerprint density at radius 1 is 1.30 bits per heavy atom. The summed E-state index contributed by atoms with van der Waals surface area (Å²) in [6.07, 6.45) is 3.03. The number of aromatic nitrogens is 1. The van der Waals surface area contributed by atoms with Gasteiger partial charge in [-0.1, -0.05) is 12.1 Å². The van der Waals surface area contributed by atoms with Crippen LogP contribution >= 0.6 is 22.9 Å². The van der Waals surface area contributed by atoms with Crippen LogP contribution in [-0.2, 0) is 12.3 Å². The zero-order valence-electron chi connectivity index (χ0n) is 11.5. The number of nitrogens with zero attached hydrogens (tertiary/aromatic N) is 2. The van der Waals surface area contributed by atoms with Crippen molar-refractivity contribution < 1.29 is 4.39 Å². The minimum Gasteiger partial charge on any atom is -0.372 e.